The fourth-order valence-corrected chi connectivity index (χ4v) is 3.07. The van der Waals surface area contributed by atoms with Crippen molar-refractivity contribution in [3.8, 4) is 0 Å². The number of amides is 1. The normalized spacial score (nSPS) is 14.7. The lowest BCUT2D eigenvalue weighted by Crippen LogP contribution is -2.46. The van der Waals surface area contributed by atoms with Crippen molar-refractivity contribution in [2.24, 2.45) is 0 Å². The first-order valence-electron chi connectivity index (χ1n) is 8.72. The summed E-state index contributed by atoms with van der Waals surface area (Å²) in [5.41, 5.74) is 3.60. The van der Waals surface area contributed by atoms with Gasteiger partial charge in [-0.2, -0.15) is 4.98 Å². The minimum Gasteiger partial charge on any atom is -0.342 e. The molecule has 1 N–H and O–H groups in total. The number of carbonyl (C=O) groups excluding carboxylic acids is 1. The van der Waals surface area contributed by atoms with Crippen LogP contribution in [0.3, 0.4) is 0 Å². The van der Waals surface area contributed by atoms with Crippen LogP contribution in [-0.2, 0) is 4.79 Å². The first kappa shape index (κ1) is 17.2. The maximum absolute atomic E-state index is 10.8. The summed E-state index contributed by atoms with van der Waals surface area (Å²) in [6.45, 7) is 9.41. The molecule has 0 saturated carbocycles. The second-order valence-corrected chi connectivity index (χ2v) is 6.69. The minimum absolute atomic E-state index is 0.431. The molecule has 0 bridgehead atoms. The van der Waals surface area contributed by atoms with E-state index in [4.69, 9.17) is 0 Å². The van der Waals surface area contributed by atoms with E-state index in [1.165, 1.54) is 11.1 Å². The summed E-state index contributed by atoms with van der Waals surface area (Å²) >= 11 is 0. The number of hydrogen-bond acceptors (Lipinski definition) is 5. The van der Waals surface area contributed by atoms with Crippen LogP contribution < -0.4 is 10.2 Å². The first-order chi connectivity index (χ1) is 12.1. The molecule has 2 heterocycles. The van der Waals surface area contributed by atoms with Crippen molar-refractivity contribution < 1.29 is 4.79 Å². The average molecular weight is 339 g/mol. The lowest BCUT2D eigenvalue weighted by Gasteiger charge is -2.32. The molecule has 1 aliphatic heterocycles. The van der Waals surface area contributed by atoms with Gasteiger partial charge in [0.1, 0.15) is 5.82 Å². The van der Waals surface area contributed by atoms with Gasteiger partial charge in [0.05, 0.1) is 0 Å². The fourth-order valence-electron chi connectivity index (χ4n) is 3.07. The van der Waals surface area contributed by atoms with Crippen LogP contribution in [0.2, 0.25) is 0 Å². The van der Waals surface area contributed by atoms with Crippen molar-refractivity contribution in [2.45, 2.75) is 26.7 Å². The molecule has 1 saturated heterocycles. The van der Waals surface area contributed by atoms with E-state index in [0.717, 1.165) is 31.0 Å². The van der Waals surface area contributed by atoms with E-state index in [-0.39, 0.29) is 0 Å². The molecule has 1 aromatic carbocycles. The molecule has 2 aromatic rings. The maximum Gasteiger partial charge on any atom is 0.227 e. The molecule has 6 heteroatoms. The second-order valence-electron chi connectivity index (χ2n) is 6.69. The van der Waals surface area contributed by atoms with Gasteiger partial charge in [-0.05, 0) is 30.0 Å². The quantitative estimate of drug-likeness (QED) is 0.849. The summed E-state index contributed by atoms with van der Waals surface area (Å²) in [5, 5.41) is 3.48. The van der Waals surface area contributed by atoms with Crippen LogP contribution in [0.5, 0.6) is 0 Å². The molecule has 6 nitrogen and oxygen atoms in total. The highest BCUT2D eigenvalue weighted by Crippen LogP contribution is 2.30. The Morgan fingerprint density at radius 3 is 2.60 bits per heavy atom. The topological polar surface area (TPSA) is 61.4 Å². The smallest absolute Gasteiger partial charge is 0.227 e. The zero-order valence-corrected chi connectivity index (χ0v) is 15.1. The van der Waals surface area contributed by atoms with Gasteiger partial charge in [0.25, 0.3) is 0 Å². The summed E-state index contributed by atoms with van der Waals surface area (Å²) in [4.78, 5) is 23.8. The number of nitrogens with one attached hydrogen (secondary N) is 1. The van der Waals surface area contributed by atoms with Gasteiger partial charge in [0.2, 0.25) is 12.4 Å². The maximum atomic E-state index is 10.8. The highest BCUT2D eigenvalue weighted by atomic mass is 16.1. The second kappa shape index (κ2) is 7.51. The van der Waals surface area contributed by atoms with E-state index in [0.29, 0.717) is 25.0 Å². The number of para-hydroxylation sites is 1. The van der Waals surface area contributed by atoms with E-state index in [9.17, 15) is 4.79 Å². The molecular weight excluding hydrogens is 314 g/mol. The summed E-state index contributed by atoms with van der Waals surface area (Å²) in [7, 11) is 0. The van der Waals surface area contributed by atoms with E-state index < -0.39 is 0 Å². The van der Waals surface area contributed by atoms with Gasteiger partial charge in [-0.1, -0.05) is 32.0 Å². The largest absolute Gasteiger partial charge is 0.342 e. The Balaban J connectivity index is 1.80. The number of rotatable bonds is 5. The van der Waals surface area contributed by atoms with Gasteiger partial charge in [0.15, 0.2) is 0 Å². The lowest BCUT2D eigenvalue weighted by molar-refractivity contribution is -0.118. The average Bonchev–Trinajstić information content (AvgIpc) is 2.63. The summed E-state index contributed by atoms with van der Waals surface area (Å²) in [5.74, 6) is 1.93. The van der Waals surface area contributed by atoms with Crippen LogP contribution in [0.25, 0.3) is 0 Å². The highest BCUT2D eigenvalue weighted by molar-refractivity contribution is 5.66. The number of aryl methyl sites for hydroxylation is 1. The molecule has 25 heavy (non-hydrogen) atoms. The SMILES string of the molecule is Cc1cccc(C(C)C)c1Nc1ccnc(N2CCN(C=O)CC2)n1. The summed E-state index contributed by atoms with van der Waals surface area (Å²) in [6, 6.07) is 8.24. The zero-order valence-electron chi connectivity index (χ0n) is 15.1. The van der Waals surface area contributed by atoms with Crippen LogP contribution >= 0.6 is 0 Å². The molecule has 0 radical (unpaired) electrons. The van der Waals surface area contributed by atoms with E-state index in [1.807, 2.05) is 6.07 Å². The molecule has 0 atom stereocenters. The van der Waals surface area contributed by atoms with Crippen LogP contribution in [0.4, 0.5) is 17.5 Å². The van der Waals surface area contributed by atoms with Crippen molar-refractivity contribution in [1.29, 1.82) is 0 Å². The number of hydrogen-bond donors (Lipinski definition) is 1. The Morgan fingerprint density at radius 1 is 1.16 bits per heavy atom. The van der Waals surface area contributed by atoms with Crippen LogP contribution in [0.1, 0.15) is 30.9 Å². The molecule has 3 rings (SSSR count). The highest BCUT2D eigenvalue weighted by Gasteiger charge is 2.18. The number of piperazine rings is 1. The van der Waals surface area contributed by atoms with Crippen molar-refractivity contribution in [1.82, 2.24) is 14.9 Å². The number of carbonyl (C=O) groups is 1. The predicted octanol–water partition coefficient (Wildman–Crippen LogP) is 2.93. The van der Waals surface area contributed by atoms with Gasteiger partial charge in [-0.3, -0.25) is 4.79 Å². The number of benzene rings is 1. The van der Waals surface area contributed by atoms with Crippen molar-refractivity contribution in [3.63, 3.8) is 0 Å². The van der Waals surface area contributed by atoms with Crippen LogP contribution in [-0.4, -0.2) is 47.5 Å². The molecule has 0 unspecified atom stereocenters. The van der Waals surface area contributed by atoms with E-state index >= 15 is 0 Å². The van der Waals surface area contributed by atoms with Gasteiger partial charge in [0, 0.05) is 38.1 Å². The third-order valence-electron chi connectivity index (χ3n) is 4.57. The fraction of sp³-hybridized carbons (Fsp3) is 0.421. The standard InChI is InChI=1S/C19H25N5O/c1-14(2)16-6-4-5-15(3)18(16)21-17-7-8-20-19(22-17)24-11-9-23(13-25)10-12-24/h4-8,13-14H,9-12H2,1-3H3,(H,20,21,22). The molecule has 1 amide bonds. The van der Waals surface area contributed by atoms with Crippen molar-refractivity contribution in [2.75, 3.05) is 36.4 Å². The lowest BCUT2D eigenvalue weighted by atomic mass is 9.98. The van der Waals surface area contributed by atoms with Crippen LogP contribution in [0.15, 0.2) is 30.5 Å². The monoisotopic (exact) mass is 339 g/mol. The first-order valence-corrected chi connectivity index (χ1v) is 8.72. The Labute approximate surface area is 148 Å². The van der Waals surface area contributed by atoms with Gasteiger partial charge >= 0.3 is 0 Å². The minimum atomic E-state index is 0.431. The van der Waals surface area contributed by atoms with E-state index in [1.54, 1.807) is 11.1 Å². The van der Waals surface area contributed by atoms with Gasteiger partial charge in [-0.25, -0.2) is 4.98 Å². The molecule has 1 aliphatic rings. The Bertz CT molecular complexity index is 738. The Hall–Kier alpha value is -2.63. The van der Waals surface area contributed by atoms with Crippen LogP contribution in [0, 0.1) is 6.92 Å². The molecule has 132 valence electrons. The summed E-state index contributed by atoms with van der Waals surface area (Å²) in [6.07, 6.45) is 2.69. The molecule has 0 aliphatic carbocycles. The molecule has 1 fully saturated rings. The predicted molar refractivity (Wildman–Crippen MR) is 100 cm³/mol. The third kappa shape index (κ3) is 3.90. The number of nitrogens with zero attached hydrogens (tertiary/aromatic N) is 4. The third-order valence-corrected chi connectivity index (χ3v) is 4.57. The Kier molecular flexibility index (Phi) is 5.16. The number of anilines is 3. The molecule has 0 spiro atoms. The summed E-state index contributed by atoms with van der Waals surface area (Å²) < 4.78 is 0. The zero-order chi connectivity index (χ0) is 17.8. The number of aromatic nitrogens is 2. The Morgan fingerprint density at radius 2 is 1.92 bits per heavy atom. The van der Waals surface area contributed by atoms with Crippen molar-refractivity contribution in [3.05, 3.63) is 41.6 Å². The molecule has 1 aromatic heterocycles. The van der Waals surface area contributed by atoms with Gasteiger partial charge in [-0.15, -0.1) is 0 Å². The molecular formula is C19H25N5O. The van der Waals surface area contributed by atoms with Gasteiger partial charge < -0.3 is 15.1 Å². The van der Waals surface area contributed by atoms with E-state index in [2.05, 4.69) is 59.2 Å². The van der Waals surface area contributed by atoms with Crippen molar-refractivity contribution >= 4 is 23.9 Å².